The second-order valence-electron chi connectivity index (χ2n) is 5.47. The number of amidine groups is 1. The Morgan fingerprint density at radius 1 is 1.18 bits per heavy atom. The third kappa shape index (κ3) is 3.84. The molecule has 118 valence electrons. The summed E-state index contributed by atoms with van der Waals surface area (Å²) in [6.07, 6.45) is 1.47. The molecular weight excluding hydrogens is 276 g/mol. The summed E-state index contributed by atoms with van der Waals surface area (Å²) in [4.78, 5) is 12.0. The lowest BCUT2D eigenvalue weighted by atomic mass is 10.1. The Balaban J connectivity index is 1.94. The summed E-state index contributed by atoms with van der Waals surface area (Å²) in [5.74, 6) is 0.574. The third-order valence-electron chi connectivity index (χ3n) is 4.02. The van der Waals surface area contributed by atoms with E-state index in [1.54, 1.807) is 7.05 Å². The second-order valence-corrected chi connectivity index (χ2v) is 5.47. The third-order valence-corrected chi connectivity index (χ3v) is 4.02. The average Bonchev–Trinajstić information content (AvgIpc) is 2.55. The van der Waals surface area contributed by atoms with Crippen LogP contribution < -0.4 is 10.6 Å². The van der Waals surface area contributed by atoms with Gasteiger partial charge in [-0.25, -0.2) is 4.99 Å². The van der Waals surface area contributed by atoms with E-state index in [4.69, 9.17) is 11.1 Å². The van der Waals surface area contributed by atoms with Crippen molar-refractivity contribution in [2.45, 2.75) is 13.8 Å². The summed E-state index contributed by atoms with van der Waals surface area (Å²) in [6, 6.07) is 6.57. The van der Waals surface area contributed by atoms with Gasteiger partial charge >= 0.3 is 0 Å². The van der Waals surface area contributed by atoms with E-state index in [0.717, 1.165) is 26.2 Å². The van der Waals surface area contributed by atoms with Gasteiger partial charge in [-0.2, -0.15) is 0 Å². The Hall–Kier alpha value is -2.37. The number of nitrogens with zero attached hydrogens (tertiary/aromatic N) is 4. The molecule has 0 unspecified atom stereocenters. The first kappa shape index (κ1) is 16.0. The van der Waals surface area contributed by atoms with E-state index in [1.807, 2.05) is 4.90 Å². The smallest absolute Gasteiger partial charge is 0.215 e. The Morgan fingerprint density at radius 2 is 1.86 bits per heavy atom. The largest absolute Gasteiger partial charge is 0.368 e. The number of hydrogen-bond donors (Lipinski definition) is 2. The van der Waals surface area contributed by atoms with Crippen molar-refractivity contribution >= 4 is 23.7 Å². The van der Waals surface area contributed by atoms with Gasteiger partial charge in [-0.15, -0.1) is 0 Å². The van der Waals surface area contributed by atoms with Crippen LogP contribution in [0.2, 0.25) is 0 Å². The number of anilines is 1. The molecule has 1 heterocycles. The van der Waals surface area contributed by atoms with Crippen LogP contribution in [-0.2, 0) is 0 Å². The van der Waals surface area contributed by atoms with Crippen LogP contribution >= 0.6 is 0 Å². The molecule has 0 radical (unpaired) electrons. The number of rotatable bonds is 2. The zero-order valence-corrected chi connectivity index (χ0v) is 13.5. The van der Waals surface area contributed by atoms with E-state index in [-0.39, 0.29) is 5.96 Å². The highest BCUT2D eigenvalue weighted by molar-refractivity contribution is 6.29. The van der Waals surface area contributed by atoms with Gasteiger partial charge in [-0.3, -0.25) is 10.4 Å². The lowest BCUT2D eigenvalue weighted by molar-refractivity contribution is 0.388. The lowest BCUT2D eigenvalue weighted by Gasteiger charge is -2.36. The van der Waals surface area contributed by atoms with E-state index < -0.39 is 0 Å². The molecule has 0 aliphatic carbocycles. The standard InChI is InChI=1S/C16H24N6/c1-12-4-5-14(10-13(12)2)21-6-8-22(9-7-21)15(17)11-20-16(18)19-3/h4-5,10-11,17H,6-9H2,1-3H3,(H2,18,19). The fourth-order valence-electron chi connectivity index (χ4n) is 2.39. The molecule has 22 heavy (non-hydrogen) atoms. The molecule has 3 N–H and O–H groups in total. The summed E-state index contributed by atoms with van der Waals surface area (Å²) in [5.41, 5.74) is 9.39. The maximum absolute atomic E-state index is 8.03. The predicted molar refractivity (Wildman–Crippen MR) is 93.5 cm³/mol. The molecule has 6 heteroatoms. The molecule has 1 aliphatic rings. The predicted octanol–water partition coefficient (Wildman–Crippen LogP) is 1.42. The molecule has 0 atom stereocenters. The Bertz CT molecular complexity index is 597. The van der Waals surface area contributed by atoms with Crippen LogP contribution in [0.3, 0.4) is 0 Å². The molecule has 1 aliphatic heterocycles. The van der Waals surface area contributed by atoms with Crippen molar-refractivity contribution in [3.63, 3.8) is 0 Å². The van der Waals surface area contributed by atoms with Crippen molar-refractivity contribution in [3.05, 3.63) is 29.3 Å². The molecule has 0 spiro atoms. The molecule has 2 rings (SSSR count). The van der Waals surface area contributed by atoms with Gasteiger partial charge < -0.3 is 15.5 Å². The Labute approximate surface area is 131 Å². The van der Waals surface area contributed by atoms with Crippen molar-refractivity contribution in [2.75, 3.05) is 38.1 Å². The van der Waals surface area contributed by atoms with Crippen molar-refractivity contribution in [3.8, 4) is 0 Å². The van der Waals surface area contributed by atoms with Crippen LogP contribution in [0, 0.1) is 19.3 Å². The van der Waals surface area contributed by atoms with Crippen LogP contribution in [0.15, 0.2) is 28.2 Å². The zero-order chi connectivity index (χ0) is 16.1. The first-order chi connectivity index (χ1) is 10.5. The quantitative estimate of drug-likeness (QED) is 0.640. The molecule has 0 aromatic heterocycles. The summed E-state index contributed by atoms with van der Waals surface area (Å²) in [7, 11) is 1.58. The number of nitrogens with one attached hydrogen (secondary N) is 1. The SMILES string of the molecule is CN=C(N)N=CC(=N)N1CCN(c2ccc(C)c(C)c2)CC1. The molecule has 1 aromatic carbocycles. The number of aryl methyl sites for hydroxylation is 2. The van der Waals surface area contributed by atoms with Gasteiger partial charge in [0.2, 0.25) is 5.96 Å². The lowest BCUT2D eigenvalue weighted by Crippen LogP contribution is -2.49. The maximum Gasteiger partial charge on any atom is 0.215 e. The number of nitrogens with two attached hydrogens (primary N) is 1. The van der Waals surface area contributed by atoms with Crippen molar-refractivity contribution in [2.24, 2.45) is 15.7 Å². The van der Waals surface area contributed by atoms with Crippen molar-refractivity contribution in [1.29, 1.82) is 5.41 Å². The summed E-state index contributed by atoms with van der Waals surface area (Å²) < 4.78 is 0. The van der Waals surface area contributed by atoms with Gasteiger partial charge in [0.25, 0.3) is 0 Å². The van der Waals surface area contributed by atoms with Gasteiger partial charge in [0, 0.05) is 38.9 Å². The summed E-state index contributed by atoms with van der Waals surface area (Å²) in [6.45, 7) is 7.68. The van der Waals surface area contributed by atoms with E-state index >= 15 is 0 Å². The highest BCUT2D eigenvalue weighted by atomic mass is 15.3. The molecule has 0 bridgehead atoms. The molecule has 0 amide bonds. The molecule has 1 saturated heterocycles. The van der Waals surface area contributed by atoms with E-state index in [1.165, 1.54) is 23.0 Å². The fourth-order valence-corrected chi connectivity index (χ4v) is 2.39. The number of aliphatic imine (C=N–C) groups is 2. The van der Waals surface area contributed by atoms with Gasteiger partial charge in [-0.1, -0.05) is 6.07 Å². The summed E-state index contributed by atoms with van der Waals surface area (Å²) >= 11 is 0. The molecule has 1 aromatic rings. The first-order valence-corrected chi connectivity index (χ1v) is 7.43. The minimum Gasteiger partial charge on any atom is -0.368 e. The number of hydrogen-bond acceptors (Lipinski definition) is 3. The van der Waals surface area contributed by atoms with E-state index in [9.17, 15) is 0 Å². The molecule has 0 saturated carbocycles. The fraction of sp³-hybridized carbons (Fsp3) is 0.438. The first-order valence-electron chi connectivity index (χ1n) is 7.43. The number of benzene rings is 1. The van der Waals surface area contributed by atoms with Crippen LogP contribution in [0.4, 0.5) is 5.69 Å². The van der Waals surface area contributed by atoms with Crippen molar-refractivity contribution in [1.82, 2.24) is 4.90 Å². The molecular formula is C16H24N6. The van der Waals surface area contributed by atoms with Crippen molar-refractivity contribution < 1.29 is 0 Å². The maximum atomic E-state index is 8.03. The molecule has 6 nitrogen and oxygen atoms in total. The average molecular weight is 300 g/mol. The Morgan fingerprint density at radius 3 is 2.45 bits per heavy atom. The van der Waals surface area contributed by atoms with Gasteiger partial charge in [0.1, 0.15) is 5.84 Å². The van der Waals surface area contributed by atoms with Gasteiger partial charge in [0.05, 0.1) is 6.21 Å². The van der Waals surface area contributed by atoms with Crippen LogP contribution in [0.1, 0.15) is 11.1 Å². The van der Waals surface area contributed by atoms with Crippen LogP contribution in [0.5, 0.6) is 0 Å². The second kappa shape index (κ2) is 7.06. The summed E-state index contributed by atoms with van der Waals surface area (Å²) in [5, 5.41) is 8.03. The topological polar surface area (TPSA) is 81.1 Å². The number of piperazine rings is 1. The minimum atomic E-state index is 0.193. The highest BCUT2D eigenvalue weighted by Crippen LogP contribution is 2.20. The monoisotopic (exact) mass is 300 g/mol. The van der Waals surface area contributed by atoms with E-state index in [2.05, 4.69) is 46.9 Å². The Kier molecular flexibility index (Phi) is 5.14. The molecule has 1 fully saturated rings. The van der Waals surface area contributed by atoms with Gasteiger partial charge in [-0.05, 0) is 37.1 Å². The zero-order valence-electron chi connectivity index (χ0n) is 13.5. The number of guanidine groups is 1. The van der Waals surface area contributed by atoms with Crippen LogP contribution in [0.25, 0.3) is 0 Å². The van der Waals surface area contributed by atoms with Crippen LogP contribution in [-0.4, -0.2) is 56.1 Å². The minimum absolute atomic E-state index is 0.193. The normalized spacial score (nSPS) is 16.4. The van der Waals surface area contributed by atoms with Gasteiger partial charge in [0.15, 0.2) is 0 Å². The highest BCUT2D eigenvalue weighted by Gasteiger charge is 2.18. The van der Waals surface area contributed by atoms with E-state index in [0.29, 0.717) is 5.84 Å².